The Morgan fingerprint density at radius 3 is 2.32 bits per heavy atom. The van der Waals surface area contributed by atoms with Crippen molar-refractivity contribution in [3.63, 3.8) is 0 Å². The highest BCUT2D eigenvalue weighted by Crippen LogP contribution is 2.18. The lowest BCUT2D eigenvalue weighted by Crippen LogP contribution is -2.46. The molecule has 1 N–H and O–H groups in total. The molecule has 3 rings (SSSR count). The molecule has 0 amide bonds. The first kappa shape index (κ1) is 17.8. The molecule has 0 spiro atoms. The number of benzene rings is 2. The topological polar surface area (TPSA) is 35.9 Å². The van der Waals surface area contributed by atoms with Crippen molar-refractivity contribution in [1.29, 1.82) is 0 Å². The molecule has 0 aromatic heterocycles. The van der Waals surface area contributed by atoms with Crippen LogP contribution in [-0.2, 0) is 6.61 Å². The van der Waals surface area contributed by atoms with Crippen LogP contribution in [0.2, 0.25) is 0 Å². The van der Waals surface area contributed by atoms with Crippen LogP contribution in [0.4, 0.5) is 5.69 Å². The monoisotopic (exact) mass is 340 g/mol. The summed E-state index contributed by atoms with van der Waals surface area (Å²) in [7, 11) is 0. The first-order valence-corrected chi connectivity index (χ1v) is 9.21. The molecule has 1 aliphatic rings. The predicted molar refractivity (Wildman–Crippen MR) is 102 cm³/mol. The van der Waals surface area contributed by atoms with E-state index in [1.807, 2.05) is 24.3 Å². The molecule has 0 unspecified atom stereocenters. The third kappa shape index (κ3) is 5.21. The Hall–Kier alpha value is -2.04. The van der Waals surface area contributed by atoms with Crippen LogP contribution in [0.25, 0.3) is 0 Å². The SMILES string of the molecule is OCc1ccccc1OCCCCN1CCN(c2ccccc2)CC1. The van der Waals surface area contributed by atoms with E-state index in [-0.39, 0.29) is 6.61 Å². The van der Waals surface area contributed by atoms with Crippen molar-refractivity contribution in [3.05, 3.63) is 60.2 Å². The summed E-state index contributed by atoms with van der Waals surface area (Å²) in [5.74, 6) is 0.807. The van der Waals surface area contributed by atoms with Gasteiger partial charge in [0.2, 0.25) is 0 Å². The number of hydrogen-bond acceptors (Lipinski definition) is 4. The average molecular weight is 340 g/mol. The Kier molecular flexibility index (Phi) is 6.71. The van der Waals surface area contributed by atoms with Crippen molar-refractivity contribution < 1.29 is 9.84 Å². The van der Waals surface area contributed by atoms with Crippen LogP contribution < -0.4 is 9.64 Å². The van der Waals surface area contributed by atoms with Crippen LogP contribution in [0, 0.1) is 0 Å². The quantitative estimate of drug-likeness (QED) is 0.749. The fraction of sp³-hybridized carbons (Fsp3) is 0.429. The van der Waals surface area contributed by atoms with Crippen molar-refractivity contribution in [2.24, 2.45) is 0 Å². The van der Waals surface area contributed by atoms with E-state index in [0.29, 0.717) is 6.61 Å². The third-order valence-electron chi connectivity index (χ3n) is 4.76. The van der Waals surface area contributed by atoms with Crippen molar-refractivity contribution in [2.45, 2.75) is 19.4 Å². The normalized spacial score (nSPS) is 15.3. The standard InChI is InChI=1S/C21H28N2O2/c24-18-19-8-4-5-11-21(19)25-17-7-6-12-22-13-15-23(16-14-22)20-9-2-1-3-10-20/h1-5,8-11,24H,6-7,12-18H2. The molecule has 2 aromatic rings. The van der Waals surface area contributed by atoms with Crippen LogP contribution >= 0.6 is 0 Å². The second-order valence-corrected chi connectivity index (χ2v) is 6.49. The molecule has 0 aliphatic carbocycles. The van der Waals surface area contributed by atoms with Crippen molar-refractivity contribution in [1.82, 2.24) is 4.90 Å². The van der Waals surface area contributed by atoms with Gasteiger partial charge in [0, 0.05) is 37.4 Å². The molecule has 4 heteroatoms. The number of aliphatic hydroxyl groups excluding tert-OH is 1. The summed E-state index contributed by atoms with van der Waals surface area (Å²) < 4.78 is 5.81. The van der Waals surface area contributed by atoms with E-state index in [1.54, 1.807) is 0 Å². The van der Waals surface area contributed by atoms with E-state index >= 15 is 0 Å². The number of hydrogen-bond donors (Lipinski definition) is 1. The lowest BCUT2D eigenvalue weighted by atomic mass is 10.2. The van der Waals surface area contributed by atoms with Gasteiger partial charge in [-0.15, -0.1) is 0 Å². The molecule has 4 nitrogen and oxygen atoms in total. The molecule has 0 bridgehead atoms. The zero-order chi connectivity index (χ0) is 17.3. The summed E-state index contributed by atoms with van der Waals surface area (Å²) in [5, 5.41) is 9.30. The van der Waals surface area contributed by atoms with Crippen LogP contribution in [0.15, 0.2) is 54.6 Å². The number of ether oxygens (including phenoxy) is 1. The molecule has 1 heterocycles. The largest absolute Gasteiger partial charge is 0.493 e. The molecule has 1 saturated heterocycles. The number of anilines is 1. The number of nitrogens with zero attached hydrogens (tertiary/aromatic N) is 2. The maximum Gasteiger partial charge on any atom is 0.124 e. The van der Waals surface area contributed by atoms with Crippen molar-refractivity contribution >= 4 is 5.69 Å². The molecule has 0 saturated carbocycles. The predicted octanol–water partition coefficient (Wildman–Crippen LogP) is 3.16. The van der Waals surface area contributed by atoms with Gasteiger partial charge < -0.3 is 14.7 Å². The number of aliphatic hydroxyl groups is 1. The van der Waals surface area contributed by atoms with Crippen molar-refractivity contribution in [3.8, 4) is 5.75 Å². The minimum absolute atomic E-state index is 0.0296. The first-order chi connectivity index (χ1) is 12.4. The van der Waals surface area contributed by atoms with Crippen molar-refractivity contribution in [2.75, 3.05) is 44.2 Å². The van der Waals surface area contributed by atoms with E-state index in [1.165, 1.54) is 5.69 Å². The number of unbranched alkanes of at least 4 members (excludes halogenated alkanes) is 1. The van der Waals surface area contributed by atoms with Gasteiger partial charge in [-0.3, -0.25) is 4.90 Å². The minimum Gasteiger partial charge on any atom is -0.493 e. The highest BCUT2D eigenvalue weighted by molar-refractivity contribution is 5.46. The zero-order valence-corrected chi connectivity index (χ0v) is 14.8. The smallest absolute Gasteiger partial charge is 0.124 e. The van der Waals surface area contributed by atoms with Gasteiger partial charge in [0.05, 0.1) is 13.2 Å². The fourth-order valence-electron chi connectivity index (χ4n) is 3.26. The molecule has 0 radical (unpaired) electrons. The van der Waals surface area contributed by atoms with Gasteiger partial charge in [-0.2, -0.15) is 0 Å². The third-order valence-corrected chi connectivity index (χ3v) is 4.76. The lowest BCUT2D eigenvalue weighted by Gasteiger charge is -2.36. The van der Waals surface area contributed by atoms with Gasteiger partial charge in [0.25, 0.3) is 0 Å². The van der Waals surface area contributed by atoms with Crippen LogP contribution in [0.5, 0.6) is 5.75 Å². The first-order valence-electron chi connectivity index (χ1n) is 9.21. The Morgan fingerprint density at radius 2 is 1.56 bits per heavy atom. The summed E-state index contributed by atoms with van der Waals surface area (Å²) in [6.07, 6.45) is 2.19. The van der Waals surface area contributed by atoms with Gasteiger partial charge in [-0.05, 0) is 37.6 Å². The molecule has 1 fully saturated rings. The summed E-state index contributed by atoms with van der Waals surface area (Å²) in [4.78, 5) is 5.01. The Balaban J connectivity index is 1.31. The second-order valence-electron chi connectivity index (χ2n) is 6.49. The zero-order valence-electron chi connectivity index (χ0n) is 14.8. The molecule has 2 aromatic carbocycles. The van der Waals surface area contributed by atoms with E-state index in [0.717, 1.165) is 56.9 Å². The highest BCUT2D eigenvalue weighted by atomic mass is 16.5. The summed E-state index contributed by atoms with van der Waals surface area (Å²) >= 11 is 0. The molecule has 134 valence electrons. The Morgan fingerprint density at radius 1 is 0.840 bits per heavy atom. The number of para-hydroxylation sites is 2. The van der Waals surface area contributed by atoms with Gasteiger partial charge in [-0.25, -0.2) is 0 Å². The fourth-order valence-corrected chi connectivity index (χ4v) is 3.26. The van der Waals surface area contributed by atoms with Crippen LogP contribution in [0.3, 0.4) is 0 Å². The average Bonchev–Trinajstić information content (AvgIpc) is 2.69. The Bertz CT molecular complexity index is 625. The minimum atomic E-state index is 0.0296. The Labute approximate surface area is 150 Å². The summed E-state index contributed by atoms with van der Waals surface area (Å²) in [6, 6.07) is 18.4. The van der Waals surface area contributed by atoms with Crippen LogP contribution in [0.1, 0.15) is 18.4 Å². The maximum absolute atomic E-state index is 9.30. The number of piperazine rings is 1. The number of rotatable bonds is 8. The van der Waals surface area contributed by atoms with E-state index in [4.69, 9.17) is 4.74 Å². The van der Waals surface area contributed by atoms with E-state index < -0.39 is 0 Å². The van der Waals surface area contributed by atoms with E-state index in [9.17, 15) is 5.11 Å². The highest BCUT2D eigenvalue weighted by Gasteiger charge is 2.16. The van der Waals surface area contributed by atoms with Crippen LogP contribution in [-0.4, -0.2) is 49.3 Å². The maximum atomic E-state index is 9.30. The molecule has 1 aliphatic heterocycles. The second kappa shape index (κ2) is 9.44. The van der Waals surface area contributed by atoms with Gasteiger partial charge in [0.1, 0.15) is 5.75 Å². The van der Waals surface area contributed by atoms with Gasteiger partial charge in [0.15, 0.2) is 0 Å². The lowest BCUT2D eigenvalue weighted by molar-refractivity contribution is 0.234. The molecule has 0 atom stereocenters. The summed E-state index contributed by atoms with van der Waals surface area (Å²) in [5.41, 5.74) is 2.19. The van der Waals surface area contributed by atoms with Gasteiger partial charge in [-0.1, -0.05) is 36.4 Å². The van der Waals surface area contributed by atoms with Gasteiger partial charge >= 0.3 is 0 Å². The molecular weight excluding hydrogens is 312 g/mol. The van der Waals surface area contributed by atoms with E-state index in [2.05, 4.69) is 40.1 Å². The summed E-state index contributed by atoms with van der Waals surface area (Å²) in [6.45, 7) is 6.33. The molecule has 25 heavy (non-hydrogen) atoms. The molecular formula is C21H28N2O2.